The Balaban J connectivity index is 1.84. The first kappa shape index (κ1) is 14.8. The number of allylic oxidation sites excluding steroid dienone is 5. The van der Waals surface area contributed by atoms with E-state index >= 15 is 0 Å². The van der Waals surface area contributed by atoms with E-state index in [0.29, 0.717) is 16.9 Å². The van der Waals surface area contributed by atoms with Gasteiger partial charge in [0.2, 0.25) is 5.88 Å². The summed E-state index contributed by atoms with van der Waals surface area (Å²) in [4.78, 5) is 12.7. The van der Waals surface area contributed by atoms with Crippen LogP contribution in [0.4, 0.5) is 0 Å². The van der Waals surface area contributed by atoms with Gasteiger partial charge >= 0.3 is 5.97 Å². The highest BCUT2D eigenvalue weighted by Gasteiger charge is 2.47. The van der Waals surface area contributed by atoms with Gasteiger partial charge in [-0.2, -0.15) is 5.26 Å². The van der Waals surface area contributed by atoms with Crippen LogP contribution in [0, 0.1) is 29.1 Å². The van der Waals surface area contributed by atoms with Gasteiger partial charge in [-0.1, -0.05) is 30.4 Å². The fourth-order valence-electron chi connectivity index (χ4n) is 3.95. The van der Waals surface area contributed by atoms with Gasteiger partial charge in [0.05, 0.1) is 17.1 Å². The smallest absolute Gasteiger partial charge is 0.338 e. The Hall–Kier alpha value is -2.74. The van der Waals surface area contributed by atoms with Gasteiger partial charge in [-0.25, -0.2) is 4.79 Å². The largest absolute Gasteiger partial charge is 0.454 e. The van der Waals surface area contributed by atoms with E-state index < -0.39 is 5.97 Å². The Bertz CT molecular complexity index is 779. The van der Waals surface area contributed by atoms with Crippen molar-refractivity contribution < 1.29 is 14.3 Å². The lowest BCUT2D eigenvalue weighted by Gasteiger charge is -2.39. The molecule has 0 unspecified atom stereocenters. The summed E-state index contributed by atoms with van der Waals surface area (Å²) in [7, 11) is 0. The van der Waals surface area contributed by atoms with Crippen LogP contribution in [0.25, 0.3) is 0 Å². The molecule has 5 nitrogen and oxygen atoms in total. The molecular weight excluding hydrogens is 304 g/mol. The zero-order valence-corrected chi connectivity index (χ0v) is 13.1. The summed E-state index contributed by atoms with van der Waals surface area (Å²) in [5, 5.41) is 9.58. The maximum absolute atomic E-state index is 12.7. The Kier molecular flexibility index (Phi) is 3.53. The molecule has 0 radical (unpaired) electrons. The fourth-order valence-corrected chi connectivity index (χ4v) is 3.95. The van der Waals surface area contributed by atoms with Crippen molar-refractivity contribution in [3.05, 3.63) is 59.2 Å². The van der Waals surface area contributed by atoms with Gasteiger partial charge in [0, 0.05) is 5.92 Å². The van der Waals surface area contributed by atoms with Gasteiger partial charge in [-0.05, 0) is 31.3 Å². The molecule has 0 saturated carbocycles. The standard InChI is InChI=1S/C19H18N2O3/c20-10-13-15(11-6-2-1-3-7-11)16-17(24-18(13)21)12-8-4-5-9-14(12)23-19(16)22/h2,4-6,8-9,11-12,14-15H,1,3,7,21H2/t11-,12+,14-,15-/m0/s1. The molecular formula is C19H18N2O3. The van der Waals surface area contributed by atoms with Crippen LogP contribution in [-0.2, 0) is 14.3 Å². The zero-order valence-electron chi connectivity index (χ0n) is 13.1. The van der Waals surface area contributed by atoms with Crippen LogP contribution in [0.15, 0.2) is 59.2 Å². The van der Waals surface area contributed by atoms with Crippen molar-refractivity contribution in [3.8, 4) is 6.07 Å². The number of fused-ring (bicyclic) bond motifs is 2. The summed E-state index contributed by atoms with van der Waals surface area (Å²) in [5.41, 5.74) is 6.83. The van der Waals surface area contributed by atoms with Gasteiger partial charge < -0.3 is 15.2 Å². The predicted octanol–water partition coefficient (Wildman–Crippen LogP) is 2.60. The molecule has 4 atom stereocenters. The number of nitrogens with two attached hydrogens (primary N) is 1. The summed E-state index contributed by atoms with van der Waals surface area (Å²) in [5.74, 6) is -0.267. The predicted molar refractivity (Wildman–Crippen MR) is 86.6 cm³/mol. The van der Waals surface area contributed by atoms with Gasteiger partial charge in [0.15, 0.2) is 0 Å². The molecule has 122 valence electrons. The van der Waals surface area contributed by atoms with Crippen molar-refractivity contribution in [2.75, 3.05) is 0 Å². The average molecular weight is 322 g/mol. The molecule has 0 aromatic rings. The molecule has 2 heterocycles. The Labute approximate surface area is 140 Å². The topological polar surface area (TPSA) is 85.3 Å². The van der Waals surface area contributed by atoms with Crippen LogP contribution in [0.1, 0.15) is 19.3 Å². The highest BCUT2D eigenvalue weighted by molar-refractivity contribution is 5.92. The molecule has 24 heavy (non-hydrogen) atoms. The molecule has 5 heteroatoms. The molecule has 0 bridgehead atoms. The summed E-state index contributed by atoms with van der Waals surface area (Å²) in [6, 6.07) is 2.15. The van der Waals surface area contributed by atoms with Crippen molar-refractivity contribution >= 4 is 5.97 Å². The molecule has 2 aliphatic carbocycles. The highest BCUT2D eigenvalue weighted by Crippen LogP contribution is 2.46. The van der Waals surface area contributed by atoms with Gasteiger partial charge in [-0.3, -0.25) is 0 Å². The van der Waals surface area contributed by atoms with Gasteiger partial charge in [-0.15, -0.1) is 0 Å². The third-order valence-electron chi connectivity index (χ3n) is 5.06. The number of hydrogen-bond donors (Lipinski definition) is 1. The van der Waals surface area contributed by atoms with Crippen molar-refractivity contribution in [2.24, 2.45) is 23.5 Å². The first-order valence-electron chi connectivity index (χ1n) is 8.25. The maximum atomic E-state index is 12.7. The van der Waals surface area contributed by atoms with Gasteiger partial charge in [0.25, 0.3) is 0 Å². The van der Waals surface area contributed by atoms with Crippen LogP contribution in [-0.4, -0.2) is 12.1 Å². The zero-order chi connectivity index (χ0) is 16.7. The molecule has 0 aromatic carbocycles. The van der Waals surface area contributed by atoms with Crippen LogP contribution >= 0.6 is 0 Å². The first-order chi connectivity index (χ1) is 11.7. The number of ether oxygens (including phenoxy) is 2. The van der Waals surface area contributed by atoms with Crippen molar-refractivity contribution in [1.82, 2.24) is 0 Å². The second-order valence-electron chi connectivity index (χ2n) is 6.44. The third-order valence-corrected chi connectivity index (χ3v) is 5.06. The second kappa shape index (κ2) is 5.72. The molecule has 4 rings (SSSR count). The minimum Gasteiger partial charge on any atom is -0.454 e. The highest BCUT2D eigenvalue weighted by atomic mass is 16.6. The van der Waals surface area contributed by atoms with Crippen LogP contribution in [0.2, 0.25) is 0 Å². The second-order valence-corrected chi connectivity index (χ2v) is 6.44. The quantitative estimate of drug-likeness (QED) is 0.592. The molecule has 4 aliphatic rings. The summed E-state index contributed by atoms with van der Waals surface area (Å²) in [6.07, 6.45) is 14.3. The summed E-state index contributed by atoms with van der Waals surface area (Å²) < 4.78 is 11.4. The van der Waals surface area contributed by atoms with E-state index in [1.54, 1.807) is 0 Å². The Morgan fingerprint density at radius 1 is 1.25 bits per heavy atom. The molecule has 2 aliphatic heterocycles. The third kappa shape index (κ3) is 2.18. The van der Waals surface area contributed by atoms with Gasteiger partial charge in [0.1, 0.15) is 17.9 Å². The Morgan fingerprint density at radius 2 is 2.08 bits per heavy atom. The van der Waals surface area contributed by atoms with E-state index in [0.717, 1.165) is 19.3 Å². The van der Waals surface area contributed by atoms with E-state index in [2.05, 4.69) is 18.2 Å². The molecule has 0 amide bonds. The lowest BCUT2D eigenvalue weighted by molar-refractivity contribution is -0.147. The summed E-state index contributed by atoms with van der Waals surface area (Å²) in [6.45, 7) is 0. The lowest BCUT2D eigenvalue weighted by Crippen LogP contribution is -2.41. The number of carbonyl (C=O) groups is 1. The molecule has 0 fully saturated rings. The lowest BCUT2D eigenvalue weighted by atomic mass is 9.72. The number of hydrogen-bond acceptors (Lipinski definition) is 5. The Morgan fingerprint density at radius 3 is 2.83 bits per heavy atom. The average Bonchev–Trinajstić information content (AvgIpc) is 2.61. The van der Waals surface area contributed by atoms with Crippen LogP contribution in [0.5, 0.6) is 0 Å². The summed E-state index contributed by atoms with van der Waals surface area (Å²) >= 11 is 0. The number of esters is 1. The number of nitriles is 1. The first-order valence-corrected chi connectivity index (χ1v) is 8.25. The number of carbonyl (C=O) groups excluding carboxylic acids is 1. The molecule has 0 saturated heterocycles. The van der Waals surface area contributed by atoms with Crippen molar-refractivity contribution in [1.29, 1.82) is 5.26 Å². The SMILES string of the molecule is N#CC1=C(N)OC2=C(C(=O)O[C@H]3C=CC=C[C@@H]23)[C@H]1[C@H]1C=CCCC1. The van der Waals surface area contributed by atoms with E-state index in [1.807, 2.05) is 24.3 Å². The van der Waals surface area contributed by atoms with Crippen LogP contribution < -0.4 is 5.73 Å². The van der Waals surface area contributed by atoms with E-state index in [1.165, 1.54) is 0 Å². The van der Waals surface area contributed by atoms with E-state index in [9.17, 15) is 10.1 Å². The molecule has 2 N–H and O–H groups in total. The molecule has 0 spiro atoms. The van der Waals surface area contributed by atoms with Crippen molar-refractivity contribution in [3.63, 3.8) is 0 Å². The molecule has 0 aromatic heterocycles. The minimum atomic E-state index is -0.407. The van der Waals surface area contributed by atoms with E-state index in [4.69, 9.17) is 15.2 Å². The monoisotopic (exact) mass is 322 g/mol. The minimum absolute atomic E-state index is 0.0630. The maximum Gasteiger partial charge on any atom is 0.338 e. The van der Waals surface area contributed by atoms with Crippen LogP contribution in [0.3, 0.4) is 0 Å². The normalized spacial score (nSPS) is 34.2. The fraction of sp³-hybridized carbons (Fsp3) is 0.368. The van der Waals surface area contributed by atoms with E-state index in [-0.39, 0.29) is 29.7 Å². The number of rotatable bonds is 1. The van der Waals surface area contributed by atoms with Crippen molar-refractivity contribution in [2.45, 2.75) is 25.4 Å². The number of nitrogens with zero attached hydrogens (tertiary/aromatic N) is 1.